The van der Waals surface area contributed by atoms with E-state index in [1.807, 2.05) is 0 Å². The van der Waals surface area contributed by atoms with E-state index in [0.717, 1.165) is 31.9 Å². The van der Waals surface area contributed by atoms with Crippen LogP contribution in [-0.2, 0) is 4.74 Å². The van der Waals surface area contributed by atoms with Crippen molar-refractivity contribution in [2.75, 3.05) is 26.8 Å². The molecule has 1 aromatic carbocycles. The van der Waals surface area contributed by atoms with Crippen molar-refractivity contribution in [3.63, 3.8) is 0 Å². The van der Waals surface area contributed by atoms with E-state index in [4.69, 9.17) is 9.47 Å². The highest BCUT2D eigenvalue weighted by atomic mass is 16.5. The molecule has 1 rings (SSSR count). The normalized spacial score (nSPS) is 12.7. The number of benzene rings is 1. The molecule has 0 amide bonds. The fourth-order valence-corrected chi connectivity index (χ4v) is 1.85. The summed E-state index contributed by atoms with van der Waals surface area (Å²) in [5.41, 5.74) is 1.35. The lowest BCUT2D eigenvalue weighted by atomic mass is 10.0. The Morgan fingerprint density at radius 2 is 1.79 bits per heavy atom. The van der Waals surface area contributed by atoms with Crippen LogP contribution in [0.25, 0.3) is 0 Å². The summed E-state index contributed by atoms with van der Waals surface area (Å²) in [6.45, 7) is 9.10. The van der Waals surface area contributed by atoms with Gasteiger partial charge in [-0.1, -0.05) is 26.0 Å². The average Bonchev–Trinajstić information content (AvgIpc) is 2.39. The molecular formula is C16H27NO2. The Morgan fingerprint density at radius 1 is 1.11 bits per heavy atom. The predicted octanol–water partition coefficient (Wildman–Crippen LogP) is 3.20. The van der Waals surface area contributed by atoms with Crippen molar-refractivity contribution in [3.05, 3.63) is 29.8 Å². The molecule has 0 aliphatic rings. The molecule has 0 bridgehead atoms. The average molecular weight is 265 g/mol. The van der Waals surface area contributed by atoms with Crippen LogP contribution in [0.3, 0.4) is 0 Å². The van der Waals surface area contributed by atoms with Gasteiger partial charge in [-0.05, 0) is 43.5 Å². The van der Waals surface area contributed by atoms with Gasteiger partial charge in [-0.3, -0.25) is 0 Å². The molecule has 108 valence electrons. The minimum absolute atomic E-state index is 0.174. The monoisotopic (exact) mass is 265 g/mol. The lowest BCUT2D eigenvalue weighted by Crippen LogP contribution is -2.30. The molecule has 1 N–H and O–H groups in total. The van der Waals surface area contributed by atoms with E-state index in [2.05, 4.69) is 50.4 Å². The highest BCUT2D eigenvalue weighted by Crippen LogP contribution is 2.19. The van der Waals surface area contributed by atoms with Crippen LogP contribution in [0, 0.1) is 0 Å². The van der Waals surface area contributed by atoms with Gasteiger partial charge < -0.3 is 14.8 Å². The first-order chi connectivity index (χ1) is 9.13. The summed E-state index contributed by atoms with van der Waals surface area (Å²) in [7, 11) is 1.73. The number of nitrogens with one attached hydrogen (secondary N) is 1. The predicted molar refractivity (Wildman–Crippen MR) is 80.0 cm³/mol. The van der Waals surface area contributed by atoms with Gasteiger partial charge in [0.05, 0.1) is 0 Å². The van der Waals surface area contributed by atoms with E-state index in [9.17, 15) is 0 Å². The SMILES string of the molecule is COCCCNCC(C)Oc1ccc(C(C)C)cc1. The third-order valence-electron chi connectivity index (χ3n) is 3.02. The first kappa shape index (κ1) is 16.0. The minimum Gasteiger partial charge on any atom is -0.489 e. The molecule has 0 fully saturated rings. The van der Waals surface area contributed by atoms with Gasteiger partial charge in [0.15, 0.2) is 0 Å². The number of rotatable bonds is 9. The fourth-order valence-electron chi connectivity index (χ4n) is 1.85. The van der Waals surface area contributed by atoms with Crippen LogP contribution in [-0.4, -0.2) is 32.9 Å². The van der Waals surface area contributed by atoms with E-state index >= 15 is 0 Å². The van der Waals surface area contributed by atoms with Crippen LogP contribution < -0.4 is 10.1 Å². The Kier molecular flexibility index (Phi) is 7.53. The van der Waals surface area contributed by atoms with E-state index in [1.54, 1.807) is 7.11 Å². The Morgan fingerprint density at radius 3 is 2.37 bits per heavy atom. The Labute approximate surface area is 117 Å². The van der Waals surface area contributed by atoms with Crippen LogP contribution in [0.2, 0.25) is 0 Å². The zero-order chi connectivity index (χ0) is 14.1. The number of hydrogen-bond acceptors (Lipinski definition) is 3. The van der Waals surface area contributed by atoms with E-state index in [1.165, 1.54) is 5.56 Å². The van der Waals surface area contributed by atoms with Crippen LogP contribution in [0.1, 0.15) is 38.7 Å². The minimum atomic E-state index is 0.174. The summed E-state index contributed by atoms with van der Waals surface area (Å²) < 4.78 is 10.9. The first-order valence-corrected chi connectivity index (χ1v) is 7.09. The molecule has 1 unspecified atom stereocenters. The standard InChI is InChI=1S/C16H27NO2/c1-13(2)15-6-8-16(9-7-15)19-14(3)12-17-10-5-11-18-4/h6-9,13-14,17H,5,10-12H2,1-4H3. The first-order valence-electron chi connectivity index (χ1n) is 7.09. The van der Waals surface area contributed by atoms with Crippen LogP contribution in [0.4, 0.5) is 0 Å². The van der Waals surface area contributed by atoms with E-state index in [0.29, 0.717) is 5.92 Å². The molecule has 0 aliphatic carbocycles. The van der Waals surface area contributed by atoms with Gasteiger partial charge in [0, 0.05) is 20.3 Å². The molecule has 3 heteroatoms. The Balaban J connectivity index is 2.26. The highest BCUT2D eigenvalue weighted by molar-refractivity contribution is 5.29. The highest BCUT2D eigenvalue weighted by Gasteiger charge is 2.04. The van der Waals surface area contributed by atoms with Crippen molar-refractivity contribution >= 4 is 0 Å². The Bertz CT molecular complexity index is 335. The van der Waals surface area contributed by atoms with Gasteiger partial charge >= 0.3 is 0 Å². The van der Waals surface area contributed by atoms with Crippen molar-refractivity contribution in [2.24, 2.45) is 0 Å². The van der Waals surface area contributed by atoms with Crippen LogP contribution in [0.5, 0.6) is 5.75 Å². The van der Waals surface area contributed by atoms with Crippen molar-refractivity contribution in [1.82, 2.24) is 5.32 Å². The molecule has 0 spiro atoms. The summed E-state index contributed by atoms with van der Waals surface area (Å²) in [4.78, 5) is 0. The van der Waals surface area contributed by atoms with Gasteiger partial charge in [0.1, 0.15) is 11.9 Å². The number of methoxy groups -OCH3 is 1. The second-order valence-corrected chi connectivity index (χ2v) is 5.20. The van der Waals surface area contributed by atoms with E-state index < -0.39 is 0 Å². The maximum atomic E-state index is 5.86. The van der Waals surface area contributed by atoms with Crippen molar-refractivity contribution < 1.29 is 9.47 Å². The largest absolute Gasteiger partial charge is 0.489 e. The maximum Gasteiger partial charge on any atom is 0.119 e. The molecule has 19 heavy (non-hydrogen) atoms. The Hall–Kier alpha value is -1.06. The zero-order valence-corrected chi connectivity index (χ0v) is 12.6. The third-order valence-corrected chi connectivity index (χ3v) is 3.02. The van der Waals surface area contributed by atoms with Crippen LogP contribution in [0.15, 0.2) is 24.3 Å². The molecule has 3 nitrogen and oxygen atoms in total. The number of hydrogen-bond donors (Lipinski definition) is 1. The van der Waals surface area contributed by atoms with Gasteiger partial charge in [-0.2, -0.15) is 0 Å². The van der Waals surface area contributed by atoms with Gasteiger partial charge in [-0.15, -0.1) is 0 Å². The summed E-state index contributed by atoms with van der Waals surface area (Å²) in [5, 5.41) is 3.36. The smallest absolute Gasteiger partial charge is 0.119 e. The van der Waals surface area contributed by atoms with E-state index in [-0.39, 0.29) is 6.10 Å². The van der Waals surface area contributed by atoms with Crippen molar-refractivity contribution in [3.8, 4) is 5.75 Å². The van der Waals surface area contributed by atoms with Gasteiger partial charge in [-0.25, -0.2) is 0 Å². The van der Waals surface area contributed by atoms with Crippen LogP contribution >= 0.6 is 0 Å². The summed E-state index contributed by atoms with van der Waals surface area (Å²) in [5.74, 6) is 1.50. The fraction of sp³-hybridized carbons (Fsp3) is 0.625. The molecular weight excluding hydrogens is 238 g/mol. The van der Waals surface area contributed by atoms with Gasteiger partial charge in [0.25, 0.3) is 0 Å². The van der Waals surface area contributed by atoms with Crippen molar-refractivity contribution in [2.45, 2.75) is 39.2 Å². The molecule has 0 heterocycles. The number of ether oxygens (including phenoxy) is 2. The second kappa shape index (κ2) is 8.94. The molecule has 0 saturated heterocycles. The lowest BCUT2D eigenvalue weighted by Gasteiger charge is -2.16. The molecule has 0 radical (unpaired) electrons. The summed E-state index contributed by atoms with van der Waals surface area (Å²) in [6.07, 6.45) is 1.21. The molecule has 1 atom stereocenters. The second-order valence-electron chi connectivity index (χ2n) is 5.20. The molecule has 1 aromatic rings. The van der Waals surface area contributed by atoms with Gasteiger partial charge in [0.2, 0.25) is 0 Å². The lowest BCUT2D eigenvalue weighted by molar-refractivity contribution is 0.188. The zero-order valence-electron chi connectivity index (χ0n) is 12.6. The molecule has 0 aliphatic heterocycles. The molecule has 0 saturated carbocycles. The summed E-state index contributed by atoms with van der Waals surface area (Å²) >= 11 is 0. The third kappa shape index (κ3) is 6.60. The van der Waals surface area contributed by atoms with Crippen molar-refractivity contribution in [1.29, 1.82) is 0 Å². The maximum absolute atomic E-state index is 5.86. The summed E-state index contributed by atoms with van der Waals surface area (Å²) in [6, 6.07) is 8.38. The molecule has 0 aromatic heterocycles. The topological polar surface area (TPSA) is 30.5 Å². The quantitative estimate of drug-likeness (QED) is 0.696.